The molecule has 124 valence electrons. The second kappa shape index (κ2) is 6.57. The number of pyridine rings is 1. The van der Waals surface area contributed by atoms with Crippen LogP contribution in [0, 0.1) is 0 Å². The lowest BCUT2D eigenvalue weighted by Crippen LogP contribution is -2.34. The molecule has 0 fully saturated rings. The van der Waals surface area contributed by atoms with Crippen molar-refractivity contribution in [3.63, 3.8) is 0 Å². The summed E-state index contributed by atoms with van der Waals surface area (Å²) in [5, 5.41) is 5.51. The molecule has 2 N–H and O–H groups in total. The average molecular weight is 327 g/mol. The zero-order chi connectivity index (χ0) is 17.1. The molecule has 7 nitrogen and oxygen atoms in total. The fraction of sp³-hybridized carbons (Fsp3) is 0.235. The monoisotopic (exact) mass is 327 g/mol. The number of amides is 2. The van der Waals surface area contributed by atoms with Crippen molar-refractivity contribution in [3.8, 4) is 11.6 Å². The molecule has 1 aromatic carbocycles. The van der Waals surface area contributed by atoms with Crippen molar-refractivity contribution in [1.82, 2.24) is 4.98 Å². The molecule has 2 heterocycles. The number of hydrogen-bond acceptors (Lipinski definition) is 5. The number of nitrogens with one attached hydrogen (secondary N) is 2. The first-order valence-electron chi connectivity index (χ1n) is 7.59. The molecular formula is C17H17N3O4. The Morgan fingerprint density at radius 2 is 2.25 bits per heavy atom. The summed E-state index contributed by atoms with van der Waals surface area (Å²) in [7, 11) is 0. The molecule has 0 radical (unpaired) electrons. The second-order valence-corrected chi connectivity index (χ2v) is 5.20. The molecule has 0 saturated carbocycles. The van der Waals surface area contributed by atoms with E-state index in [2.05, 4.69) is 15.6 Å². The highest BCUT2D eigenvalue weighted by Gasteiger charge is 2.24. The molecule has 0 spiro atoms. The SMILES string of the molecule is CCOc1ncccc1C(=O)Nc1ccc2c(c1)NC(=O)[C@H](C)O2. The molecule has 0 bridgehead atoms. The molecule has 0 aliphatic carbocycles. The van der Waals surface area contributed by atoms with Crippen LogP contribution in [-0.2, 0) is 4.79 Å². The quantitative estimate of drug-likeness (QED) is 0.900. The van der Waals surface area contributed by atoms with Gasteiger partial charge in [0.05, 0.1) is 12.3 Å². The van der Waals surface area contributed by atoms with Crippen LogP contribution < -0.4 is 20.1 Å². The minimum absolute atomic E-state index is 0.225. The first-order valence-corrected chi connectivity index (χ1v) is 7.59. The predicted octanol–water partition coefficient (Wildman–Crippen LogP) is 2.45. The second-order valence-electron chi connectivity index (χ2n) is 5.20. The molecule has 0 unspecified atom stereocenters. The Bertz CT molecular complexity index is 791. The van der Waals surface area contributed by atoms with E-state index in [1.165, 1.54) is 0 Å². The highest BCUT2D eigenvalue weighted by Crippen LogP contribution is 2.32. The molecule has 1 aromatic heterocycles. The highest BCUT2D eigenvalue weighted by molar-refractivity contribution is 6.06. The predicted molar refractivity (Wildman–Crippen MR) is 88.5 cm³/mol. The summed E-state index contributed by atoms with van der Waals surface area (Å²) >= 11 is 0. The fourth-order valence-electron chi connectivity index (χ4n) is 2.30. The maximum absolute atomic E-state index is 12.4. The van der Waals surface area contributed by atoms with Crippen LogP contribution in [0.25, 0.3) is 0 Å². The van der Waals surface area contributed by atoms with Gasteiger partial charge in [-0.15, -0.1) is 0 Å². The normalized spacial score (nSPS) is 15.8. The number of anilines is 2. The smallest absolute Gasteiger partial charge is 0.265 e. The molecule has 7 heteroatoms. The first-order chi connectivity index (χ1) is 11.6. The Balaban J connectivity index is 1.81. The summed E-state index contributed by atoms with van der Waals surface area (Å²) < 4.78 is 10.8. The minimum atomic E-state index is -0.540. The van der Waals surface area contributed by atoms with Gasteiger partial charge in [0, 0.05) is 11.9 Å². The zero-order valence-electron chi connectivity index (χ0n) is 13.3. The standard InChI is InChI=1S/C17H17N3O4/c1-3-23-17-12(5-4-8-18-17)16(22)19-11-6-7-14-13(9-11)20-15(21)10(2)24-14/h4-10H,3H2,1-2H3,(H,19,22)(H,20,21)/t10-/m0/s1. The number of aromatic nitrogens is 1. The van der Waals surface area contributed by atoms with Gasteiger partial charge in [0.15, 0.2) is 6.10 Å². The number of fused-ring (bicyclic) bond motifs is 1. The summed E-state index contributed by atoms with van der Waals surface area (Å²) in [5.41, 5.74) is 1.39. The van der Waals surface area contributed by atoms with E-state index in [1.807, 2.05) is 6.92 Å². The fourth-order valence-corrected chi connectivity index (χ4v) is 2.30. The molecule has 1 aliphatic rings. The number of ether oxygens (including phenoxy) is 2. The first kappa shape index (κ1) is 15.8. The van der Waals surface area contributed by atoms with Crippen LogP contribution in [0.4, 0.5) is 11.4 Å². The van der Waals surface area contributed by atoms with Gasteiger partial charge in [-0.1, -0.05) is 0 Å². The maximum atomic E-state index is 12.4. The van der Waals surface area contributed by atoms with Crippen molar-refractivity contribution < 1.29 is 19.1 Å². The van der Waals surface area contributed by atoms with Gasteiger partial charge >= 0.3 is 0 Å². The number of carbonyl (C=O) groups excluding carboxylic acids is 2. The summed E-state index contributed by atoms with van der Waals surface area (Å²) in [6, 6.07) is 8.36. The third-order valence-electron chi connectivity index (χ3n) is 3.47. The number of benzene rings is 1. The molecule has 3 rings (SSSR count). The van der Waals surface area contributed by atoms with Crippen molar-refractivity contribution in [2.75, 3.05) is 17.2 Å². The van der Waals surface area contributed by atoms with Crippen molar-refractivity contribution in [1.29, 1.82) is 0 Å². The Morgan fingerprint density at radius 3 is 3.04 bits per heavy atom. The van der Waals surface area contributed by atoms with E-state index >= 15 is 0 Å². The van der Waals surface area contributed by atoms with E-state index in [1.54, 1.807) is 43.5 Å². The molecule has 2 aromatic rings. The van der Waals surface area contributed by atoms with Gasteiger partial charge in [-0.25, -0.2) is 4.98 Å². The van der Waals surface area contributed by atoms with E-state index < -0.39 is 6.10 Å². The molecule has 24 heavy (non-hydrogen) atoms. The number of rotatable bonds is 4. The highest BCUT2D eigenvalue weighted by atomic mass is 16.5. The topological polar surface area (TPSA) is 89.5 Å². The number of carbonyl (C=O) groups is 2. The van der Waals surface area contributed by atoms with Crippen LogP contribution >= 0.6 is 0 Å². The molecule has 0 saturated heterocycles. The van der Waals surface area contributed by atoms with Crippen LogP contribution in [0.15, 0.2) is 36.5 Å². The number of hydrogen-bond donors (Lipinski definition) is 2. The zero-order valence-corrected chi connectivity index (χ0v) is 13.3. The van der Waals surface area contributed by atoms with Gasteiger partial charge in [0.1, 0.15) is 11.3 Å². The molecule has 2 amide bonds. The number of nitrogens with zero attached hydrogens (tertiary/aromatic N) is 1. The molecule has 1 atom stereocenters. The largest absolute Gasteiger partial charge is 0.479 e. The van der Waals surface area contributed by atoms with Gasteiger partial charge in [-0.2, -0.15) is 0 Å². The van der Waals surface area contributed by atoms with E-state index in [9.17, 15) is 9.59 Å². The summed E-state index contributed by atoms with van der Waals surface area (Å²) in [6.45, 7) is 3.91. The summed E-state index contributed by atoms with van der Waals surface area (Å²) in [5.74, 6) is 0.275. The summed E-state index contributed by atoms with van der Waals surface area (Å²) in [4.78, 5) is 28.2. The Hall–Kier alpha value is -3.09. The third kappa shape index (κ3) is 3.15. The van der Waals surface area contributed by atoms with Crippen LogP contribution in [0.2, 0.25) is 0 Å². The van der Waals surface area contributed by atoms with Crippen LogP contribution in [0.3, 0.4) is 0 Å². The Labute approximate surface area is 139 Å². The Kier molecular flexibility index (Phi) is 4.33. The lowest BCUT2D eigenvalue weighted by Gasteiger charge is -2.23. The van der Waals surface area contributed by atoms with Crippen molar-refractivity contribution in [2.24, 2.45) is 0 Å². The maximum Gasteiger partial charge on any atom is 0.265 e. The van der Waals surface area contributed by atoms with E-state index in [4.69, 9.17) is 9.47 Å². The van der Waals surface area contributed by atoms with Gasteiger partial charge in [0.25, 0.3) is 11.8 Å². The Morgan fingerprint density at radius 1 is 1.42 bits per heavy atom. The van der Waals surface area contributed by atoms with Crippen molar-refractivity contribution >= 4 is 23.2 Å². The van der Waals surface area contributed by atoms with Gasteiger partial charge in [0.2, 0.25) is 5.88 Å². The van der Waals surface area contributed by atoms with Crippen molar-refractivity contribution in [2.45, 2.75) is 20.0 Å². The van der Waals surface area contributed by atoms with Gasteiger partial charge < -0.3 is 20.1 Å². The lowest BCUT2D eigenvalue weighted by molar-refractivity contribution is -0.122. The van der Waals surface area contributed by atoms with Gasteiger partial charge in [-0.3, -0.25) is 9.59 Å². The lowest BCUT2D eigenvalue weighted by atomic mass is 10.2. The van der Waals surface area contributed by atoms with Crippen LogP contribution in [-0.4, -0.2) is 29.5 Å². The van der Waals surface area contributed by atoms with E-state index in [0.717, 1.165) is 0 Å². The van der Waals surface area contributed by atoms with Crippen LogP contribution in [0.5, 0.6) is 11.6 Å². The molecule has 1 aliphatic heterocycles. The minimum Gasteiger partial charge on any atom is -0.479 e. The third-order valence-corrected chi connectivity index (χ3v) is 3.47. The van der Waals surface area contributed by atoms with Crippen LogP contribution in [0.1, 0.15) is 24.2 Å². The van der Waals surface area contributed by atoms with Gasteiger partial charge in [-0.05, 0) is 44.2 Å². The van der Waals surface area contributed by atoms with E-state index in [-0.39, 0.29) is 17.7 Å². The summed E-state index contributed by atoms with van der Waals surface area (Å²) in [6.07, 6.45) is 1.02. The van der Waals surface area contributed by atoms with Crippen molar-refractivity contribution in [3.05, 3.63) is 42.1 Å². The average Bonchev–Trinajstić information content (AvgIpc) is 2.57. The molecular weight excluding hydrogens is 310 g/mol. The van der Waals surface area contributed by atoms with E-state index in [0.29, 0.717) is 29.3 Å².